The summed E-state index contributed by atoms with van der Waals surface area (Å²) in [5.41, 5.74) is 1.83. The van der Waals surface area contributed by atoms with E-state index in [0.29, 0.717) is 6.04 Å². The second-order valence-electron chi connectivity index (χ2n) is 5.04. The predicted octanol–water partition coefficient (Wildman–Crippen LogP) is 2.83. The third kappa shape index (κ3) is 2.84. The summed E-state index contributed by atoms with van der Waals surface area (Å²) in [6, 6.07) is 5.81. The minimum Gasteiger partial charge on any atom is -0.310 e. The van der Waals surface area contributed by atoms with Crippen LogP contribution in [0.3, 0.4) is 0 Å². The zero-order valence-electron chi connectivity index (χ0n) is 11.1. The Bertz CT molecular complexity index is 573. The second kappa shape index (κ2) is 5.13. The quantitative estimate of drug-likeness (QED) is 0.894. The fraction of sp³-hybridized carbons (Fsp3) is 0.400. The first-order chi connectivity index (χ1) is 9.26. The zero-order chi connectivity index (χ0) is 13.2. The van der Waals surface area contributed by atoms with Crippen LogP contribution >= 0.6 is 0 Å². The Morgan fingerprint density at radius 2 is 2.21 bits per heavy atom. The van der Waals surface area contributed by atoms with Crippen LogP contribution < -0.4 is 5.32 Å². The summed E-state index contributed by atoms with van der Waals surface area (Å²) >= 11 is 0. The van der Waals surface area contributed by atoms with Gasteiger partial charge in [0.2, 0.25) is 0 Å². The molecule has 100 valence electrons. The molecule has 1 heterocycles. The van der Waals surface area contributed by atoms with Crippen LogP contribution in [0.1, 0.15) is 31.2 Å². The first-order valence-corrected chi connectivity index (χ1v) is 6.81. The molecule has 1 aliphatic carbocycles. The zero-order valence-corrected chi connectivity index (χ0v) is 11.1. The van der Waals surface area contributed by atoms with Gasteiger partial charge < -0.3 is 9.88 Å². The van der Waals surface area contributed by atoms with Crippen molar-refractivity contribution >= 4 is 0 Å². The summed E-state index contributed by atoms with van der Waals surface area (Å²) in [6.07, 6.45) is 6.95. The fourth-order valence-corrected chi connectivity index (χ4v) is 2.26. The molecule has 2 aromatic rings. The monoisotopic (exact) mass is 259 g/mol. The van der Waals surface area contributed by atoms with Crippen molar-refractivity contribution in [3.8, 4) is 5.69 Å². The van der Waals surface area contributed by atoms with E-state index in [2.05, 4.69) is 10.3 Å². The van der Waals surface area contributed by atoms with Gasteiger partial charge in [0.1, 0.15) is 11.6 Å². The lowest BCUT2D eigenvalue weighted by atomic mass is 10.2. The molecule has 0 radical (unpaired) electrons. The number of benzene rings is 1. The minimum atomic E-state index is -0.194. The highest BCUT2D eigenvalue weighted by atomic mass is 19.1. The van der Waals surface area contributed by atoms with Gasteiger partial charge >= 0.3 is 0 Å². The Kier molecular flexibility index (Phi) is 3.34. The lowest BCUT2D eigenvalue weighted by molar-refractivity contribution is 0.617. The maximum Gasteiger partial charge on any atom is 0.125 e. The molecule has 3 rings (SSSR count). The molecule has 0 saturated heterocycles. The summed E-state index contributed by atoms with van der Waals surface area (Å²) in [4.78, 5) is 4.28. The number of aryl methyl sites for hydroxylation is 1. The van der Waals surface area contributed by atoms with Crippen LogP contribution in [0.5, 0.6) is 0 Å². The van der Waals surface area contributed by atoms with Gasteiger partial charge in [-0.25, -0.2) is 9.37 Å². The van der Waals surface area contributed by atoms with Crippen molar-refractivity contribution in [2.75, 3.05) is 0 Å². The van der Waals surface area contributed by atoms with Crippen LogP contribution in [0.25, 0.3) is 5.69 Å². The van der Waals surface area contributed by atoms with Crippen LogP contribution in [-0.2, 0) is 13.0 Å². The molecular weight excluding hydrogens is 241 g/mol. The van der Waals surface area contributed by atoms with Crippen molar-refractivity contribution < 1.29 is 4.39 Å². The maximum atomic E-state index is 13.7. The van der Waals surface area contributed by atoms with E-state index in [1.807, 2.05) is 23.8 Å². The van der Waals surface area contributed by atoms with Crippen molar-refractivity contribution in [2.45, 2.75) is 38.8 Å². The topological polar surface area (TPSA) is 29.9 Å². The van der Waals surface area contributed by atoms with E-state index in [1.54, 1.807) is 18.3 Å². The molecule has 0 atom stereocenters. The molecule has 19 heavy (non-hydrogen) atoms. The summed E-state index contributed by atoms with van der Waals surface area (Å²) in [7, 11) is 0. The Balaban J connectivity index is 1.87. The van der Waals surface area contributed by atoms with E-state index in [4.69, 9.17) is 0 Å². The van der Waals surface area contributed by atoms with Crippen LogP contribution in [0, 0.1) is 5.82 Å². The molecule has 0 spiro atoms. The van der Waals surface area contributed by atoms with Gasteiger partial charge in [0, 0.05) is 37.1 Å². The normalized spacial score (nSPS) is 14.8. The van der Waals surface area contributed by atoms with Crippen LogP contribution in [0.2, 0.25) is 0 Å². The number of halogens is 1. The molecule has 1 aliphatic rings. The van der Waals surface area contributed by atoms with Crippen molar-refractivity contribution in [3.05, 3.63) is 47.8 Å². The standard InChI is InChI=1S/C15H18FN3/c1-2-15-17-5-6-19(15)14-8-11(7-12(16)9-14)10-18-13-3-4-13/h5-9,13,18H,2-4,10H2,1H3. The molecule has 3 nitrogen and oxygen atoms in total. The summed E-state index contributed by atoms with van der Waals surface area (Å²) in [5.74, 6) is 0.757. The highest BCUT2D eigenvalue weighted by Gasteiger charge is 2.20. The Hall–Kier alpha value is -1.68. The average Bonchev–Trinajstić information content (AvgIpc) is 3.11. The second-order valence-corrected chi connectivity index (χ2v) is 5.04. The Morgan fingerprint density at radius 3 is 2.95 bits per heavy atom. The molecule has 1 aromatic heterocycles. The lowest BCUT2D eigenvalue weighted by Crippen LogP contribution is -2.15. The van der Waals surface area contributed by atoms with Gasteiger partial charge in [0.05, 0.1) is 0 Å². The highest BCUT2D eigenvalue weighted by Crippen LogP contribution is 2.20. The molecule has 0 aliphatic heterocycles. The predicted molar refractivity (Wildman–Crippen MR) is 72.8 cm³/mol. The van der Waals surface area contributed by atoms with E-state index >= 15 is 0 Å². The number of aromatic nitrogens is 2. The molecule has 0 unspecified atom stereocenters. The van der Waals surface area contributed by atoms with Crippen molar-refractivity contribution in [3.63, 3.8) is 0 Å². The molecule has 1 N–H and O–H groups in total. The van der Waals surface area contributed by atoms with Crippen molar-refractivity contribution in [1.82, 2.24) is 14.9 Å². The number of nitrogens with zero attached hydrogens (tertiary/aromatic N) is 2. The minimum absolute atomic E-state index is 0.194. The van der Waals surface area contributed by atoms with Crippen molar-refractivity contribution in [2.24, 2.45) is 0 Å². The van der Waals surface area contributed by atoms with Gasteiger partial charge in [-0.05, 0) is 36.6 Å². The van der Waals surface area contributed by atoms with E-state index in [9.17, 15) is 4.39 Å². The van der Waals surface area contributed by atoms with Gasteiger partial charge in [-0.15, -0.1) is 0 Å². The van der Waals surface area contributed by atoms with Crippen LogP contribution in [0.4, 0.5) is 4.39 Å². The van der Waals surface area contributed by atoms with Gasteiger partial charge in [-0.2, -0.15) is 0 Å². The van der Waals surface area contributed by atoms with Crippen LogP contribution in [0.15, 0.2) is 30.6 Å². The summed E-state index contributed by atoms with van der Waals surface area (Å²) in [6.45, 7) is 2.78. The summed E-state index contributed by atoms with van der Waals surface area (Å²) < 4.78 is 15.7. The lowest BCUT2D eigenvalue weighted by Gasteiger charge is -2.10. The molecular formula is C15H18FN3. The molecule has 0 bridgehead atoms. The molecule has 1 aromatic carbocycles. The maximum absolute atomic E-state index is 13.7. The first-order valence-electron chi connectivity index (χ1n) is 6.81. The number of hydrogen-bond acceptors (Lipinski definition) is 2. The first kappa shape index (κ1) is 12.4. The number of rotatable bonds is 5. The van der Waals surface area contributed by atoms with Gasteiger partial charge in [-0.1, -0.05) is 6.92 Å². The SMILES string of the molecule is CCc1nccn1-c1cc(F)cc(CNC2CC2)c1. The molecule has 4 heteroatoms. The van der Waals surface area contributed by atoms with E-state index in [-0.39, 0.29) is 5.82 Å². The van der Waals surface area contributed by atoms with E-state index in [0.717, 1.165) is 30.0 Å². The van der Waals surface area contributed by atoms with Crippen LogP contribution in [-0.4, -0.2) is 15.6 Å². The van der Waals surface area contributed by atoms with Gasteiger partial charge in [-0.3, -0.25) is 0 Å². The third-order valence-corrected chi connectivity index (χ3v) is 3.43. The molecule has 0 amide bonds. The van der Waals surface area contributed by atoms with Gasteiger partial charge in [0.15, 0.2) is 0 Å². The summed E-state index contributed by atoms with van der Waals surface area (Å²) in [5, 5.41) is 3.41. The molecule has 1 saturated carbocycles. The molecule has 1 fully saturated rings. The van der Waals surface area contributed by atoms with E-state index in [1.165, 1.54) is 12.8 Å². The largest absolute Gasteiger partial charge is 0.310 e. The smallest absolute Gasteiger partial charge is 0.125 e. The fourth-order valence-electron chi connectivity index (χ4n) is 2.26. The Labute approximate surface area is 112 Å². The highest BCUT2D eigenvalue weighted by molar-refractivity contribution is 5.38. The van der Waals surface area contributed by atoms with Crippen molar-refractivity contribution in [1.29, 1.82) is 0 Å². The number of nitrogens with one attached hydrogen (secondary N) is 1. The average molecular weight is 259 g/mol. The number of imidazole rings is 1. The number of hydrogen-bond donors (Lipinski definition) is 1. The Morgan fingerprint density at radius 1 is 1.37 bits per heavy atom. The van der Waals surface area contributed by atoms with E-state index < -0.39 is 0 Å². The van der Waals surface area contributed by atoms with Gasteiger partial charge in [0.25, 0.3) is 0 Å². The third-order valence-electron chi connectivity index (χ3n) is 3.43.